The fourth-order valence-electron chi connectivity index (χ4n) is 2.58. The molecule has 0 bridgehead atoms. The van der Waals surface area contributed by atoms with Crippen molar-refractivity contribution < 1.29 is 0 Å². The average molecular weight is 396 g/mol. The molecular weight excluding hydrogens is 380 g/mol. The minimum atomic E-state index is 0.654. The summed E-state index contributed by atoms with van der Waals surface area (Å²) in [7, 11) is 0. The smallest absolute Gasteiger partial charge is 0.106 e. The van der Waals surface area contributed by atoms with Gasteiger partial charge in [0.05, 0.1) is 11.7 Å². The van der Waals surface area contributed by atoms with Gasteiger partial charge in [-0.15, -0.1) is 0 Å². The van der Waals surface area contributed by atoms with Gasteiger partial charge in [0.2, 0.25) is 0 Å². The molecule has 2 nitrogen and oxygen atoms in total. The molecule has 4 heteroatoms. The van der Waals surface area contributed by atoms with Crippen molar-refractivity contribution in [2.24, 2.45) is 5.92 Å². The Labute approximate surface area is 135 Å². The first-order valence-corrected chi connectivity index (χ1v) is 8.41. The van der Waals surface area contributed by atoms with Crippen LogP contribution in [0.2, 0.25) is 0 Å². The maximum atomic E-state index is 4.40. The second kappa shape index (κ2) is 5.49. The van der Waals surface area contributed by atoms with Gasteiger partial charge in [-0.2, -0.15) is 0 Å². The standard InChI is InChI=1S/C16H16Br2N2/c1-3-10(2)9-20-14-5-4-11(17)6-12(14)13-7-16(18)19-8-15(13)20/h4-8,10H,3,9H2,1-2H3. The lowest BCUT2D eigenvalue weighted by atomic mass is 10.1. The number of fused-ring (bicyclic) bond motifs is 3. The maximum absolute atomic E-state index is 4.40. The molecule has 3 rings (SSSR count). The first-order chi connectivity index (χ1) is 9.60. The van der Waals surface area contributed by atoms with Crippen molar-refractivity contribution in [3.63, 3.8) is 0 Å². The van der Waals surface area contributed by atoms with Gasteiger partial charge in [0.1, 0.15) is 4.60 Å². The highest BCUT2D eigenvalue weighted by atomic mass is 79.9. The first kappa shape index (κ1) is 14.1. The highest BCUT2D eigenvalue weighted by molar-refractivity contribution is 9.10. The molecule has 0 radical (unpaired) electrons. The highest BCUT2D eigenvalue weighted by Crippen LogP contribution is 2.32. The number of pyridine rings is 1. The summed E-state index contributed by atoms with van der Waals surface area (Å²) < 4.78 is 4.39. The zero-order valence-corrected chi connectivity index (χ0v) is 14.7. The fourth-order valence-corrected chi connectivity index (χ4v) is 3.27. The van der Waals surface area contributed by atoms with E-state index in [4.69, 9.17) is 0 Å². The van der Waals surface area contributed by atoms with Crippen molar-refractivity contribution in [2.45, 2.75) is 26.8 Å². The molecule has 0 fully saturated rings. The molecule has 0 spiro atoms. The summed E-state index contributed by atoms with van der Waals surface area (Å²) in [5, 5.41) is 2.53. The Balaban J connectivity index is 2.34. The molecule has 0 aliphatic rings. The lowest BCUT2D eigenvalue weighted by Crippen LogP contribution is -2.06. The van der Waals surface area contributed by atoms with E-state index in [1.54, 1.807) is 0 Å². The minimum Gasteiger partial charge on any atom is -0.339 e. The number of rotatable bonds is 3. The molecule has 0 saturated heterocycles. The highest BCUT2D eigenvalue weighted by Gasteiger charge is 2.13. The summed E-state index contributed by atoms with van der Waals surface area (Å²) in [6.07, 6.45) is 3.15. The molecule has 0 aliphatic carbocycles. The van der Waals surface area contributed by atoms with E-state index in [0.717, 1.165) is 15.6 Å². The maximum Gasteiger partial charge on any atom is 0.106 e. The predicted molar refractivity (Wildman–Crippen MR) is 92.1 cm³/mol. The number of benzene rings is 1. The Kier molecular flexibility index (Phi) is 3.87. The minimum absolute atomic E-state index is 0.654. The Morgan fingerprint density at radius 3 is 2.65 bits per heavy atom. The summed E-state index contributed by atoms with van der Waals surface area (Å²) in [6.45, 7) is 5.56. The van der Waals surface area contributed by atoms with E-state index in [2.05, 4.69) is 79.5 Å². The first-order valence-electron chi connectivity index (χ1n) is 6.83. The molecule has 104 valence electrons. The Hall–Kier alpha value is -0.870. The number of nitrogens with zero attached hydrogens (tertiary/aromatic N) is 2. The Bertz CT molecular complexity index is 718. The van der Waals surface area contributed by atoms with Gasteiger partial charge in [-0.25, -0.2) is 4.98 Å². The summed E-state index contributed by atoms with van der Waals surface area (Å²) in [5.74, 6) is 0.654. The van der Waals surface area contributed by atoms with Crippen LogP contribution < -0.4 is 0 Å². The molecule has 0 N–H and O–H groups in total. The number of aromatic nitrogens is 2. The third-order valence-corrected chi connectivity index (χ3v) is 4.80. The molecule has 0 saturated carbocycles. The van der Waals surface area contributed by atoms with Crippen LogP contribution in [0.15, 0.2) is 39.5 Å². The number of hydrogen-bond acceptors (Lipinski definition) is 1. The lowest BCUT2D eigenvalue weighted by molar-refractivity contribution is 0.485. The predicted octanol–water partition coefficient (Wildman–Crippen LogP) is 5.76. The van der Waals surface area contributed by atoms with Crippen LogP contribution in [0.4, 0.5) is 0 Å². The van der Waals surface area contributed by atoms with E-state index >= 15 is 0 Å². The monoisotopic (exact) mass is 394 g/mol. The summed E-state index contributed by atoms with van der Waals surface area (Å²) in [6, 6.07) is 8.60. The second-order valence-electron chi connectivity index (χ2n) is 5.31. The molecular formula is C16H16Br2N2. The van der Waals surface area contributed by atoms with Crippen LogP contribution in [-0.4, -0.2) is 9.55 Å². The van der Waals surface area contributed by atoms with Gasteiger partial charge < -0.3 is 4.57 Å². The molecule has 0 aliphatic heterocycles. The number of halogens is 2. The molecule has 3 aromatic rings. The number of hydrogen-bond donors (Lipinski definition) is 0. The van der Waals surface area contributed by atoms with Gasteiger partial charge in [0.25, 0.3) is 0 Å². The summed E-state index contributed by atoms with van der Waals surface area (Å²) >= 11 is 7.05. The zero-order valence-electron chi connectivity index (χ0n) is 11.5. The van der Waals surface area contributed by atoms with Crippen LogP contribution in [0.25, 0.3) is 21.8 Å². The van der Waals surface area contributed by atoms with E-state index in [0.29, 0.717) is 5.92 Å². The van der Waals surface area contributed by atoms with E-state index in [1.807, 2.05) is 6.20 Å². The molecule has 2 aromatic heterocycles. The topological polar surface area (TPSA) is 17.8 Å². The Morgan fingerprint density at radius 1 is 1.15 bits per heavy atom. The van der Waals surface area contributed by atoms with Crippen LogP contribution in [0.5, 0.6) is 0 Å². The third kappa shape index (κ3) is 2.40. The van der Waals surface area contributed by atoms with Gasteiger partial charge in [-0.3, -0.25) is 0 Å². The van der Waals surface area contributed by atoms with Gasteiger partial charge in [-0.05, 0) is 46.1 Å². The van der Waals surface area contributed by atoms with E-state index in [-0.39, 0.29) is 0 Å². The molecule has 0 amide bonds. The van der Waals surface area contributed by atoms with Gasteiger partial charge in [0.15, 0.2) is 0 Å². The van der Waals surface area contributed by atoms with Crippen molar-refractivity contribution >= 4 is 53.7 Å². The van der Waals surface area contributed by atoms with Crippen molar-refractivity contribution in [1.82, 2.24) is 9.55 Å². The quantitative estimate of drug-likeness (QED) is 0.515. The van der Waals surface area contributed by atoms with Crippen molar-refractivity contribution in [3.8, 4) is 0 Å². The van der Waals surface area contributed by atoms with Crippen molar-refractivity contribution in [1.29, 1.82) is 0 Å². The van der Waals surface area contributed by atoms with Crippen LogP contribution in [0.3, 0.4) is 0 Å². The van der Waals surface area contributed by atoms with E-state index in [1.165, 1.54) is 28.2 Å². The van der Waals surface area contributed by atoms with E-state index < -0.39 is 0 Å². The normalized spacial score (nSPS) is 13.2. The van der Waals surface area contributed by atoms with E-state index in [9.17, 15) is 0 Å². The van der Waals surface area contributed by atoms with Crippen LogP contribution in [-0.2, 0) is 6.54 Å². The second-order valence-corrected chi connectivity index (χ2v) is 7.04. The lowest BCUT2D eigenvalue weighted by Gasteiger charge is -2.12. The largest absolute Gasteiger partial charge is 0.339 e. The van der Waals surface area contributed by atoms with Crippen LogP contribution in [0.1, 0.15) is 20.3 Å². The summed E-state index contributed by atoms with van der Waals surface area (Å²) in [5.41, 5.74) is 2.49. The molecule has 2 heterocycles. The van der Waals surface area contributed by atoms with Gasteiger partial charge in [-0.1, -0.05) is 36.2 Å². The Morgan fingerprint density at radius 2 is 1.90 bits per heavy atom. The third-order valence-electron chi connectivity index (χ3n) is 3.87. The molecule has 1 unspecified atom stereocenters. The van der Waals surface area contributed by atoms with Crippen molar-refractivity contribution in [3.05, 3.63) is 39.5 Å². The van der Waals surface area contributed by atoms with Crippen molar-refractivity contribution in [2.75, 3.05) is 0 Å². The molecule has 1 aromatic carbocycles. The van der Waals surface area contributed by atoms with Gasteiger partial charge >= 0.3 is 0 Å². The summed E-state index contributed by atoms with van der Waals surface area (Å²) in [4.78, 5) is 4.40. The molecule has 1 atom stereocenters. The van der Waals surface area contributed by atoms with Gasteiger partial charge in [0, 0.05) is 27.3 Å². The molecule has 20 heavy (non-hydrogen) atoms. The fraction of sp³-hybridized carbons (Fsp3) is 0.312. The van der Waals surface area contributed by atoms with Crippen LogP contribution >= 0.6 is 31.9 Å². The zero-order chi connectivity index (χ0) is 14.3. The average Bonchev–Trinajstić information content (AvgIpc) is 2.72. The SMILES string of the molecule is CCC(C)Cn1c2ccc(Br)cc2c2cc(Br)ncc21. The van der Waals surface area contributed by atoms with Crippen LogP contribution in [0, 0.1) is 5.92 Å².